The Labute approximate surface area is 190 Å². The van der Waals surface area contributed by atoms with Crippen LogP contribution in [-0.2, 0) is 20.8 Å². The lowest BCUT2D eigenvalue weighted by atomic mass is 10.0. The summed E-state index contributed by atoms with van der Waals surface area (Å²) in [5.41, 5.74) is 0.669. The average Bonchev–Trinajstić information content (AvgIpc) is 2.81. The minimum atomic E-state index is -1.26. The Kier molecular flexibility index (Phi) is 7.74. The molecule has 0 aliphatic heterocycles. The van der Waals surface area contributed by atoms with Gasteiger partial charge >= 0.3 is 12.1 Å². The molecule has 0 aliphatic carbocycles. The van der Waals surface area contributed by atoms with Crippen molar-refractivity contribution in [3.05, 3.63) is 70.8 Å². The van der Waals surface area contributed by atoms with Crippen LogP contribution in [0.3, 0.4) is 0 Å². The summed E-state index contributed by atoms with van der Waals surface area (Å²) >= 11 is 0. The third kappa shape index (κ3) is 5.73. The minimum Gasteiger partial charge on any atom is -0.435 e. The summed E-state index contributed by atoms with van der Waals surface area (Å²) in [6.45, 7) is 5.14. The Morgan fingerprint density at radius 1 is 1.09 bits per heavy atom. The molecule has 0 saturated carbocycles. The van der Waals surface area contributed by atoms with Crippen LogP contribution in [0.5, 0.6) is 0 Å². The van der Waals surface area contributed by atoms with Crippen molar-refractivity contribution in [2.75, 3.05) is 11.9 Å². The smallest absolute Gasteiger partial charge is 0.435 e. The van der Waals surface area contributed by atoms with E-state index in [1.165, 1.54) is 17.8 Å². The first-order valence-corrected chi connectivity index (χ1v) is 10.4. The van der Waals surface area contributed by atoms with Gasteiger partial charge in [-0.25, -0.2) is 14.3 Å². The van der Waals surface area contributed by atoms with Gasteiger partial charge in [-0.3, -0.25) is 9.78 Å². The second-order valence-electron chi connectivity index (χ2n) is 6.73. The van der Waals surface area contributed by atoms with Gasteiger partial charge < -0.3 is 19.5 Å². The standard InChI is InChI=1S/C23H24N4O6/c1-4-27-21(28)20(25-17-12-9-13-24-14-17)18(19(26-27)16-10-7-6-8-11-16)22(29)32-15(3)33-23(30)31-5-2/h6-15,25H,4-5H2,1-3H3. The van der Waals surface area contributed by atoms with Gasteiger partial charge in [-0.15, -0.1) is 0 Å². The fourth-order valence-electron chi connectivity index (χ4n) is 3.00. The maximum absolute atomic E-state index is 13.3. The van der Waals surface area contributed by atoms with Crippen LogP contribution in [-0.4, -0.2) is 39.8 Å². The number of aromatic nitrogens is 3. The molecule has 0 spiro atoms. The quantitative estimate of drug-likeness (QED) is 0.402. The van der Waals surface area contributed by atoms with Crippen molar-refractivity contribution in [3.63, 3.8) is 0 Å². The highest BCUT2D eigenvalue weighted by Gasteiger charge is 2.27. The fourth-order valence-corrected chi connectivity index (χ4v) is 3.00. The van der Waals surface area contributed by atoms with Crippen LogP contribution >= 0.6 is 0 Å². The highest BCUT2D eigenvalue weighted by Crippen LogP contribution is 2.28. The number of esters is 1. The second kappa shape index (κ2) is 10.9. The van der Waals surface area contributed by atoms with Crippen LogP contribution in [0.1, 0.15) is 31.1 Å². The number of pyridine rings is 1. The Morgan fingerprint density at radius 3 is 2.48 bits per heavy atom. The maximum Gasteiger partial charge on any atom is 0.511 e. The predicted octanol–water partition coefficient (Wildman–Crippen LogP) is 3.74. The third-order valence-corrected chi connectivity index (χ3v) is 4.43. The summed E-state index contributed by atoms with van der Waals surface area (Å²) in [5, 5.41) is 7.37. The molecular weight excluding hydrogens is 428 g/mol. The Balaban J connectivity index is 2.11. The molecule has 0 radical (unpaired) electrons. The summed E-state index contributed by atoms with van der Waals surface area (Å²) in [6.07, 6.45) is 0.857. The van der Waals surface area contributed by atoms with E-state index in [4.69, 9.17) is 14.2 Å². The normalized spacial score (nSPS) is 11.4. The van der Waals surface area contributed by atoms with Crippen LogP contribution in [0.25, 0.3) is 11.3 Å². The Hall–Kier alpha value is -4.21. The molecule has 3 aromatic rings. The molecule has 0 fully saturated rings. The van der Waals surface area contributed by atoms with E-state index < -0.39 is 24.0 Å². The van der Waals surface area contributed by atoms with Gasteiger partial charge in [-0.2, -0.15) is 5.10 Å². The highest BCUT2D eigenvalue weighted by atomic mass is 16.8. The van der Waals surface area contributed by atoms with Crippen LogP contribution in [0, 0.1) is 0 Å². The number of rotatable bonds is 8. The topological polar surface area (TPSA) is 122 Å². The molecule has 1 aromatic carbocycles. The van der Waals surface area contributed by atoms with Crippen LogP contribution in [0.4, 0.5) is 16.2 Å². The zero-order chi connectivity index (χ0) is 23.8. The molecule has 0 aliphatic rings. The largest absolute Gasteiger partial charge is 0.511 e. The number of ether oxygens (including phenoxy) is 3. The van der Waals surface area contributed by atoms with Gasteiger partial charge in [-0.05, 0) is 26.0 Å². The lowest BCUT2D eigenvalue weighted by Crippen LogP contribution is -2.30. The van der Waals surface area contributed by atoms with Crippen molar-refractivity contribution in [1.29, 1.82) is 0 Å². The molecule has 0 bridgehead atoms. The summed E-state index contributed by atoms with van der Waals surface area (Å²) in [6, 6.07) is 12.3. The van der Waals surface area contributed by atoms with Crippen molar-refractivity contribution >= 4 is 23.5 Å². The molecular formula is C23H24N4O6. The van der Waals surface area contributed by atoms with Gasteiger partial charge in [-0.1, -0.05) is 30.3 Å². The monoisotopic (exact) mass is 452 g/mol. The average molecular weight is 452 g/mol. The summed E-state index contributed by atoms with van der Waals surface area (Å²) < 4.78 is 16.2. The molecule has 1 atom stereocenters. The number of benzene rings is 1. The maximum atomic E-state index is 13.3. The summed E-state index contributed by atoms with van der Waals surface area (Å²) in [7, 11) is 0. The number of hydrogen-bond donors (Lipinski definition) is 1. The van der Waals surface area contributed by atoms with Gasteiger partial charge in [0.15, 0.2) is 0 Å². The van der Waals surface area contributed by atoms with E-state index in [9.17, 15) is 14.4 Å². The zero-order valence-corrected chi connectivity index (χ0v) is 18.5. The SMILES string of the molecule is CCOC(=O)OC(C)OC(=O)c1c(-c2ccccc2)nn(CC)c(=O)c1Nc1cccnc1. The lowest BCUT2D eigenvalue weighted by molar-refractivity contribution is -0.0810. The molecule has 10 nitrogen and oxygen atoms in total. The number of carbonyl (C=O) groups is 2. The van der Waals surface area contributed by atoms with Gasteiger partial charge in [0, 0.05) is 25.2 Å². The van der Waals surface area contributed by atoms with E-state index in [0.717, 1.165) is 0 Å². The van der Waals surface area contributed by atoms with E-state index in [1.807, 2.05) is 6.07 Å². The molecule has 1 unspecified atom stereocenters. The summed E-state index contributed by atoms with van der Waals surface area (Å²) in [4.78, 5) is 42.0. The first-order valence-electron chi connectivity index (χ1n) is 10.4. The first kappa shape index (κ1) is 23.5. The molecule has 3 rings (SSSR count). The molecule has 172 valence electrons. The van der Waals surface area contributed by atoms with Gasteiger partial charge in [0.25, 0.3) is 5.56 Å². The molecule has 33 heavy (non-hydrogen) atoms. The fraction of sp³-hybridized carbons (Fsp3) is 0.261. The van der Waals surface area contributed by atoms with Crippen LogP contribution < -0.4 is 10.9 Å². The second-order valence-corrected chi connectivity index (χ2v) is 6.73. The van der Waals surface area contributed by atoms with E-state index in [-0.39, 0.29) is 30.1 Å². The zero-order valence-electron chi connectivity index (χ0n) is 18.5. The van der Waals surface area contributed by atoms with E-state index in [2.05, 4.69) is 15.4 Å². The predicted molar refractivity (Wildman–Crippen MR) is 120 cm³/mol. The van der Waals surface area contributed by atoms with E-state index in [0.29, 0.717) is 11.3 Å². The van der Waals surface area contributed by atoms with E-state index >= 15 is 0 Å². The van der Waals surface area contributed by atoms with Gasteiger partial charge in [0.05, 0.1) is 18.5 Å². The molecule has 0 amide bonds. The van der Waals surface area contributed by atoms with Crippen molar-refractivity contribution in [3.8, 4) is 11.3 Å². The Morgan fingerprint density at radius 2 is 1.85 bits per heavy atom. The molecule has 2 heterocycles. The number of nitrogens with zero attached hydrogens (tertiary/aromatic N) is 3. The van der Waals surface area contributed by atoms with Crippen molar-refractivity contribution < 1.29 is 23.8 Å². The van der Waals surface area contributed by atoms with E-state index in [1.54, 1.807) is 56.4 Å². The number of hydrogen-bond acceptors (Lipinski definition) is 9. The Bertz CT molecular complexity index is 1160. The van der Waals surface area contributed by atoms with Crippen LogP contribution in [0.2, 0.25) is 0 Å². The molecule has 10 heteroatoms. The van der Waals surface area contributed by atoms with Crippen molar-refractivity contribution in [2.45, 2.75) is 33.6 Å². The molecule has 0 saturated heterocycles. The van der Waals surface area contributed by atoms with Gasteiger partial charge in [0.2, 0.25) is 6.29 Å². The number of anilines is 2. The van der Waals surface area contributed by atoms with Crippen molar-refractivity contribution in [2.24, 2.45) is 0 Å². The van der Waals surface area contributed by atoms with Crippen LogP contribution in [0.15, 0.2) is 59.7 Å². The number of aryl methyl sites for hydroxylation is 1. The number of carbonyl (C=O) groups excluding carboxylic acids is 2. The lowest BCUT2D eigenvalue weighted by Gasteiger charge is -2.19. The number of nitrogens with one attached hydrogen (secondary N) is 1. The third-order valence-electron chi connectivity index (χ3n) is 4.43. The van der Waals surface area contributed by atoms with Gasteiger partial charge in [0.1, 0.15) is 16.9 Å². The molecule has 1 N–H and O–H groups in total. The highest BCUT2D eigenvalue weighted by molar-refractivity contribution is 6.02. The first-order chi connectivity index (χ1) is 15.9. The molecule has 2 aromatic heterocycles. The van der Waals surface area contributed by atoms with Crippen molar-refractivity contribution in [1.82, 2.24) is 14.8 Å². The summed E-state index contributed by atoms with van der Waals surface area (Å²) in [5.74, 6) is -0.898. The minimum absolute atomic E-state index is 0.0352.